The van der Waals surface area contributed by atoms with Crippen molar-refractivity contribution >= 4 is 17.3 Å². The molecule has 1 aromatic carbocycles. The molecule has 0 aliphatic carbocycles. The van der Waals surface area contributed by atoms with Crippen molar-refractivity contribution in [2.75, 3.05) is 13.7 Å². The average Bonchev–Trinajstić information content (AvgIpc) is 3.07. The topological polar surface area (TPSA) is 58.5 Å². The maximum Gasteiger partial charge on any atom is 0.191 e. The van der Waals surface area contributed by atoms with Gasteiger partial charge in [-0.2, -0.15) is 0 Å². The van der Waals surface area contributed by atoms with Crippen LogP contribution < -0.4 is 15.4 Å². The highest BCUT2D eigenvalue weighted by Gasteiger charge is 2.06. The smallest absolute Gasteiger partial charge is 0.191 e. The van der Waals surface area contributed by atoms with Crippen molar-refractivity contribution in [3.05, 3.63) is 45.9 Å². The Kier molecular flexibility index (Phi) is 7.06. The molecule has 5 nitrogen and oxygen atoms in total. The number of methoxy groups -OCH3 is 1. The Labute approximate surface area is 148 Å². The molecule has 0 spiro atoms. The number of hydrogen-bond donors (Lipinski definition) is 2. The molecule has 2 aromatic rings. The first-order valence-electron chi connectivity index (χ1n) is 8.21. The molecule has 24 heavy (non-hydrogen) atoms. The summed E-state index contributed by atoms with van der Waals surface area (Å²) < 4.78 is 5.17. The van der Waals surface area contributed by atoms with Gasteiger partial charge in [-0.05, 0) is 30.5 Å². The summed E-state index contributed by atoms with van der Waals surface area (Å²) in [6.45, 7) is 8.51. The SMILES string of the molecule is CCNC(=NCc1ccc(OC)cc1)NCc1nc(C(C)C)cs1. The molecule has 0 bridgehead atoms. The first-order chi connectivity index (χ1) is 11.6. The van der Waals surface area contributed by atoms with Gasteiger partial charge in [-0.3, -0.25) is 0 Å². The summed E-state index contributed by atoms with van der Waals surface area (Å²) in [5, 5.41) is 9.82. The van der Waals surface area contributed by atoms with Crippen molar-refractivity contribution in [1.29, 1.82) is 0 Å². The highest BCUT2D eigenvalue weighted by molar-refractivity contribution is 7.09. The lowest BCUT2D eigenvalue weighted by Crippen LogP contribution is -2.36. The quantitative estimate of drug-likeness (QED) is 0.595. The molecule has 0 atom stereocenters. The molecule has 0 aliphatic heterocycles. The molecule has 6 heteroatoms. The van der Waals surface area contributed by atoms with E-state index in [1.54, 1.807) is 18.4 Å². The molecule has 0 radical (unpaired) electrons. The van der Waals surface area contributed by atoms with Crippen molar-refractivity contribution in [3.63, 3.8) is 0 Å². The lowest BCUT2D eigenvalue weighted by Gasteiger charge is -2.10. The van der Waals surface area contributed by atoms with Crippen LogP contribution in [0, 0.1) is 0 Å². The number of thiazole rings is 1. The summed E-state index contributed by atoms with van der Waals surface area (Å²) in [6.07, 6.45) is 0. The average molecular weight is 347 g/mol. The fraction of sp³-hybridized carbons (Fsp3) is 0.444. The first kappa shape index (κ1) is 18.3. The van der Waals surface area contributed by atoms with E-state index in [1.807, 2.05) is 24.3 Å². The van der Waals surface area contributed by atoms with Crippen molar-refractivity contribution in [3.8, 4) is 5.75 Å². The van der Waals surface area contributed by atoms with Gasteiger partial charge in [-0.1, -0.05) is 26.0 Å². The summed E-state index contributed by atoms with van der Waals surface area (Å²) in [7, 11) is 1.67. The molecule has 130 valence electrons. The van der Waals surface area contributed by atoms with E-state index in [4.69, 9.17) is 4.74 Å². The second kappa shape index (κ2) is 9.27. The van der Waals surface area contributed by atoms with Crippen molar-refractivity contribution in [2.24, 2.45) is 4.99 Å². The van der Waals surface area contributed by atoms with Crippen LogP contribution in [0.3, 0.4) is 0 Å². The molecule has 1 aromatic heterocycles. The van der Waals surface area contributed by atoms with Gasteiger partial charge in [0, 0.05) is 11.9 Å². The zero-order chi connectivity index (χ0) is 17.4. The monoisotopic (exact) mass is 346 g/mol. The van der Waals surface area contributed by atoms with Crippen LogP contribution in [0.25, 0.3) is 0 Å². The largest absolute Gasteiger partial charge is 0.497 e. The number of rotatable bonds is 7. The van der Waals surface area contributed by atoms with Gasteiger partial charge in [0.05, 0.1) is 25.9 Å². The number of aromatic nitrogens is 1. The van der Waals surface area contributed by atoms with Gasteiger partial charge in [0.2, 0.25) is 0 Å². The van der Waals surface area contributed by atoms with Crippen LogP contribution in [0.4, 0.5) is 0 Å². The molecule has 0 unspecified atom stereocenters. The number of aliphatic imine (C=N–C) groups is 1. The zero-order valence-electron chi connectivity index (χ0n) is 14.8. The Morgan fingerprint density at radius 2 is 2.00 bits per heavy atom. The zero-order valence-corrected chi connectivity index (χ0v) is 15.6. The first-order valence-corrected chi connectivity index (χ1v) is 9.09. The Morgan fingerprint density at radius 3 is 2.58 bits per heavy atom. The van der Waals surface area contributed by atoms with E-state index in [2.05, 4.69) is 46.8 Å². The van der Waals surface area contributed by atoms with Gasteiger partial charge in [0.15, 0.2) is 5.96 Å². The van der Waals surface area contributed by atoms with E-state index in [1.165, 1.54) is 0 Å². The Balaban J connectivity index is 1.93. The van der Waals surface area contributed by atoms with Gasteiger partial charge < -0.3 is 15.4 Å². The van der Waals surface area contributed by atoms with E-state index in [0.717, 1.165) is 34.5 Å². The van der Waals surface area contributed by atoms with Crippen LogP contribution in [0.5, 0.6) is 5.75 Å². The summed E-state index contributed by atoms with van der Waals surface area (Å²) in [5.41, 5.74) is 2.29. The van der Waals surface area contributed by atoms with Crippen molar-refractivity contribution in [2.45, 2.75) is 39.8 Å². The summed E-state index contributed by atoms with van der Waals surface area (Å²) in [6, 6.07) is 7.96. The Morgan fingerprint density at radius 1 is 1.25 bits per heavy atom. The molecule has 0 saturated carbocycles. The standard InChI is InChI=1S/C18H26N4OS/c1-5-19-18(20-10-14-6-8-15(23-4)9-7-14)21-11-17-22-16(12-24-17)13(2)3/h6-9,12-13H,5,10-11H2,1-4H3,(H2,19,20,21). The normalized spacial score (nSPS) is 11.6. The van der Waals surface area contributed by atoms with Crippen molar-refractivity contribution < 1.29 is 4.74 Å². The van der Waals surface area contributed by atoms with Gasteiger partial charge >= 0.3 is 0 Å². The third-order valence-corrected chi connectivity index (χ3v) is 4.36. The third kappa shape index (κ3) is 5.53. The predicted octanol–water partition coefficient (Wildman–Crippen LogP) is 3.53. The Hall–Kier alpha value is -2.08. The number of nitrogens with zero attached hydrogens (tertiary/aromatic N) is 2. The van der Waals surface area contributed by atoms with Gasteiger partial charge in [0.1, 0.15) is 10.8 Å². The molecule has 0 aliphatic rings. The summed E-state index contributed by atoms with van der Waals surface area (Å²) >= 11 is 1.69. The number of ether oxygens (including phenoxy) is 1. The molecule has 2 N–H and O–H groups in total. The Bertz CT molecular complexity index is 649. The van der Waals surface area contributed by atoms with E-state index in [0.29, 0.717) is 19.0 Å². The number of nitrogens with one attached hydrogen (secondary N) is 2. The highest BCUT2D eigenvalue weighted by Crippen LogP contribution is 2.17. The van der Waals surface area contributed by atoms with E-state index < -0.39 is 0 Å². The minimum atomic E-state index is 0.465. The second-order valence-electron chi connectivity index (χ2n) is 5.72. The lowest BCUT2D eigenvalue weighted by atomic mass is 10.2. The molecule has 0 saturated heterocycles. The van der Waals surface area contributed by atoms with E-state index >= 15 is 0 Å². The second-order valence-corrected chi connectivity index (χ2v) is 6.66. The van der Waals surface area contributed by atoms with Crippen molar-refractivity contribution in [1.82, 2.24) is 15.6 Å². The van der Waals surface area contributed by atoms with Gasteiger partial charge in [-0.15, -0.1) is 11.3 Å². The molecule has 2 rings (SSSR count). The molecular weight excluding hydrogens is 320 g/mol. The minimum absolute atomic E-state index is 0.465. The highest BCUT2D eigenvalue weighted by atomic mass is 32.1. The third-order valence-electron chi connectivity index (χ3n) is 3.49. The lowest BCUT2D eigenvalue weighted by molar-refractivity contribution is 0.414. The molecule has 0 amide bonds. The number of benzene rings is 1. The fourth-order valence-corrected chi connectivity index (χ4v) is 2.97. The number of guanidine groups is 1. The maximum absolute atomic E-state index is 5.17. The van der Waals surface area contributed by atoms with Gasteiger partial charge in [0.25, 0.3) is 0 Å². The van der Waals surface area contributed by atoms with Crippen LogP contribution in [0.15, 0.2) is 34.6 Å². The van der Waals surface area contributed by atoms with E-state index in [-0.39, 0.29) is 0 Å². The summed E-state index contributed by atoms with van der Waals surface area (Å²) in [4.78, 5) is 9.27. The minimum Gasteiger partial charge on any atom is -0.497 e. The van der Waals surface area contributed by atoms with Crippen LogP contribution >= 0.6 is 11.3 Å². The van der Waals surface area contributed by atoms with Crippen LogP contribution in [-0.4, -0.2) is 24.6 Å². The van der Waals surface area contributed by atoms with Crippen LogP contribution in [0.1, 0.15) is 43.0 Å². The maximum atomic E-state index is 5.17. The van der Waals surface area contributed by atoms with Crippen LogP contribution in [0.2, 0.25) is 0 Å². The molecule has 0 fully saturated rings. The molecule has 1 heterocycles. The van der Waals surface area contributed by atoms with Crippen LogP contribution in [-0.2, 0) is 13.1 Å². The predicted molar refractivity (Wildman–Crippen MR) is 101 cm³/mol. The molecular formula is C18H26N4OS. The van der Waals surface area contributed by atoms with Gasteiger partial charge in [-0.25, -0.2) is 9.98 Å². The van der Waals surface area contributed by atoms with E-state index in [9.17, 15) is 0 Å². The number of hydrogen-bond acceptors (Lipinski definition) is 4. The summed E-state index contributed by atoms with van der Waals surface area (Å²) in [5.74, 6) is 2.12. The fourth-order valence-electron chi connectivity index (χ4n) is 2.07.